The molecule has 0 saturated carbocycles. The maximum absolute atomic E-state index is 9.40. The van der Waals surface area contributed by atoms with Crippen molar-refractivity contribution < 1.29 is 5.11 Å². The Hall–Kier alpha value is -1.16. The summed E-state index contributed by atoms with van der Waals surface area (Å²) < 4.78 is 0. The minimum atomic E-state index is -0.223. The van der Waals surface area contributed by atoms with E-state index in [1.54, 1.807) is 0 Å². The number of aliphatic hydroxyl groups excluding tert-OH is 1. The van der Waals surface area contributed by atoms with Crippen LogP contribution >= 0.6 is 0 Å². The molecule has 0 radical (unpaired) electrons. The predicted octanol–water partition coefficient (Wildman–Crippen LogP) is 0.664. The first kappa shape index (κ1) is 9.40. The molecule has 0 aliphatic carbocycles. The van der Waals surface area contributed by atoms with Crippen LogP contribution in [-0.2, 0) is 0 Å². The highest BCUT2D eigenvalue weighted by molar-refractivity contribution is 5.33. The Balaban J connectivity index is 2.23. The van der Waals surface area contributed by atoms with Gasteiger partial charge in [-0.15, -0.1) is 0 Å². The number of β-amino-alcohol motifs (C(OH)–C–C–N with tert-alkyl or cyclic N) is 1. The zero-order valence-corrected chi connectivity index (χ0v) is 8.56. The quantitative estimate of drug-likeness (QED) is 0.712. The van der Waals surface area contributed by atoms with Crippen LogP contribution in [0, 0.1) is 13.8 Å². The number of hydrogen-bond donors (Lipinski definition) is 1. The Bertz CT molecular complexity index is 320. The van der Waals surface area contributed by atoms with Crippen molar-refractivity contribution in [2.45, 2.75) is 26.4 Å². The first-order valence-corrected chi connectivity index (χ1v) is 4.90. The van der Waals surface area contributed by atoms with Gasteiger partial charge in [0, 0.05) is 24.5 Å². The number of aryl methyl sites for hydroxylation is 2. The van der Waals surface area contributed by atoms with E-state index in [0.29, 0.717) is 6.54 Å². The van der Waals surface area contributed by atoms with E-state index < -0.39 is 0 Å². The lowest BCUT2D eigenvalue weighted by Crippen LogP contribution is -2.23. The van der Waals surface area contributed by atoms with Gasteiger partial charge in [-0.3, -0.25) is 0 Å². The molecule has 2 rings (SSSR count). The Labute approximate surface area is 83.6 Å². The second kappa shape index (κ2) is 3.53. The van der Waals surface area contributed by atoms with Gasteiger partial charge in [0.25, 0.3) is 0 Å². The van der Waals surface area contributed by atoms with Crippen LogP contribution in [0.4, 0.5) is 5.95 Å². The highest BCUT2D eigenvalue weighted by atomic mass is 16.3. The standard InChI is InChI=1S/C10H15N3O/c1-7-5-8(2)12-10(11-7)13-4-3-9(14)6-13/h5,9,14H,3-4,6H2,1-2H3. The molecule has 1 atom stereocenters. The normalized spacial score (nSPS) is 21.6. The number of aliphatic hydroxyl groups is 1. The highest BCUT2D eigenvalue weighted by Gasteiger charge is 2.22. The van der Waals surface area contributed by atoms with Gasteiger partial charge in [0.05, 0.1) is 6.10 Å². The van der Waals surface area contributed by atoms with Crippen LogP contribution in [0.1, 0.15) is 17.8 Å². The summed E-state index contributed by atoms with van der Waals surface area (Å²) >= 11 is 0. The summed E-state index contributed by atoms with van der Waals surface area (Å²) in [7, 11) is 0. The van der Waals surface area contributed by atoms with Crippen LogP contribution in [0.3, 0.4) is 0 Å². The van der Waals surface area contributed by atoms with Crippen molar-refractivity contribution in [3.63, 3.8) is 0 Å². The van der Waals surface area contributed by atoms with Gasteiger partial charge < -0.3 is 10.0 Å². The Morgan fingerprint density at radius 3 is 2.50 bits per heavy atom. The van der Waals surface area contributed by atoms with Crippen molar-refractivity contribution in [1.29, 1.82) is 0 Å². The van der Waals surface area contributed by atoms with Crippen molar-refractivity contribution >= 4 is 5.95 Å². The molecule has 4 nitrogen and oxygen atoms in total. The molecule has 1 aromatic rings. The van der Waals surface area contributed by atoms with E-state index in [4.69, 9.17) is 0 Å². The van der Waals surface area contributed by atoms with Crippen LogP contribution in [0.15, 0.2) is 6.07 Å². The largest absolute Gasteiger partial charge is 0.391 e. The molecular formula is C10H15N3O. The van der Waals surface area contributed by atoms with Crippen molar-refractivity contribution in [1.82, 2.24) is 9.97 Å². The van der Waals surface area contributed by atoms with E-state index in [1.807, 2.05) is 24.8 Å². The third kappa shape index (κ3) is 1.85. The lowest BCUT2D eigenvalue weighted by molar-refractivity contribution is 0.198. The topological polar surface area (TPSA) is 49.2 Å². The van der Waals surface area contributed by atoms with Gasteiger partial charge in [-0.05, 0) is 26.3 Å². The summed E-state index contributed by atoms with van der Waals surface area (Å²) in [6.07, 6.45) is 0.593. The number of rotatable bonds is 1. The lowest BCUT2D eigenvalue weighted by atomic mass is 10.3. The molecule has 1 aromatic heterocycles. The van der Waals surface area contributed by atoms with E-state index in [9.17, 15) is 5.11 Å². The number of anilines is 1. The monoisotopic (exact) mass is 193 g/mol. The number of nitrogens with zero attached hydrogens (tertiary/aromatic N) is 3. The molecule has 1 unspecified atom stereocenters. The Morgan fingerprint density at radius 2 is 2.00 bits per heavy atom. The van der Waals surface area contributed by atoms with Crippen molar-refractivity contribution in [2.24, 2.45) is 0 Å². The van der Waals surface area contributed by atoms with E-state index >= 15 is 0 Å². The molecule has 0 bridgehead atoms. The summed E-state index contributed by atoms with van der Waals surface area (Å²) in [4.78, 5) is 10.7. The second-order valence-corrected chi connectivity index (χ2v) is 3.84. The smallest absolute Gasteiger partial charge is 0.225 e. The molecule has 0 spiro atoms. The second-order valence-electron chi connectivity index (χ2n) is 3.84. The zero-order chi connectivity index (χ0) is 10.1. The maximum Gasteiger partial charge on any atom is 0.225 e. The number of aromatic nitrogens is 2. The molecule has 0 amide bonds. The molecule has 1 aliphatic heterocycles. The van der Waals surface area contributed by atoms with Crippen LogP contribution < -0.4 is 4.90 Å². The van der Waals surface area contributed by atoms with E-state index in [-0.39, 0.29) is 6.10 Å². The van der Waals surface area contributed by atoms with E-state index in [1.165, 1.54) is 0 Å². The summed E-state index contributed by atoms with van der Waals surface area (Å²) in [5.74, 6) is 0.749. The van der Waals surface area contributed by atoms with Gasteiger partial charge in [-0.1, -0.05) is 0 Å². The first-order chi connectivity index (χ1) is 6.65. The van der Waals surface area contributed by atoms with Gasteiger partial charge in [0.1, 0.15) is 0 Å². The molecule has 14 heavy (non-hydrogen) atoms. The van der Waals surface area contributed by atoms with Crippen molar-refractivity contribution in [3.05, 3.63) is 17.5 Å². The van der Waals surface area contributed by atoms with Gasteiger partial charge in [-0.25, -0.2) is 9.97 Å². The molecule has 0 aromatic carbocycles. The fourth-order valence-electron chi connectivity index (χ4n) is 1.77. The zero-order valence-electron chi connectivity index (χ0n) is 8.56. The average molecular weight is 193 g/mol. The van der Waals surface area contributed by atoms with Crippen LogP contribution in [0.5, 0.6) is 0 Å². The van der Waals surface area contributed by atoms with E-state index in [2.05, 4.69) is 9.97 Å². The molecular weight excluding hydrogens is 178 g/mol. The van der Waals surface area contributed by atoms with Crippen molar-refractivity contribution in [2.75, 3.05) is 18.0 Å². The predicted molar refractivity (Wildman–Crippen MR) is 54.3 cm³/mol. The molecule has 76 valence electrons. The summed E-state index contributed by atoms with van der Waals surface area (Å²) in [5, 5.41) is 9.40. The fraction of sp³-hybridized carbons (Fsp3) is 0.600. The summed E-state index contributed by atoms with van der Waals surface area (Å²) in [6.45, 7) is 5.43. The van der Waals surface area contributed by atoms with Crippen molar-refractivity contribution in [3.8, 4) is 0 Å². The number of hydrogen-bond acceptors (Lipinski definition) is 4. The molecule has 1 fully saturated rings. The summed E-state index contributed by atoms with van der Waals surface area (Å²) in [5.41, 5.74) is 1.96. The van der Waals surface area contributed by atoms with Gasteiger partial charge >= 0.3 is 0 Å². The minimum Gasteiger partial charge on any atom is -0.391 e. The SMILES string of the molecule is Cc1cc(C)nc(N2CCC(O)C2)n1. The van der Waals surface area contributed by atoms with Crippen LogP contribution in [0.25, 0.3) is 0 Å². The molecule has 4 heteroatoms. The van der Waals surface area contributed by atoms with Gasteiger partial charge in [0.2, 0.25) is 5.95 Å². The average Bonchev–Trinajstić information content (AvgIpc) is 2.50. The first-order valence-electron chi connectivity index (χ1n) is 4.90. The fourth-order valence-corrected chi connectivity index (χ4v) is 1.77. The molecule has 1 N–H and O–H groups in total. The van der Waals surface area contributed by atoms with Gasteiger partial charge in [0.15, 0.2) is 0 Å². The highest BCUT2D eigenvalue weighted by Crippen LogP contribution is 2.16. The van der Waals surface area contributed by atoms with E-state index in [0.717, 1.165) is 30.3 Å². The summed E-state index contributed by atoms with van der Waals surface area (Å²) in [6, 6.07) is 1.95. The Morgan fingerprint density at radius 1 is 1.36 bits per heavy atom. The maximum atomic E-state index is 9.40. The molecule has 1 saturated heterocycles. The van der Waals surface area contributed by atoms with Gasteiger partial charge in [-0.2, -0.15) is 0 Å². The third-order valence-corrected chi connectivity index (χ3v) is 2.42. The van der Waals surface area contributed by atoms with Crippen LogP contribution in [0.2, 0.25) is 0 Å². The molecule has 1 aliphatic rings. The third-order valence-electron chi connectivity index (χ3n) is 2.42. The lowest BCUT2D eigenvalue weighted by Gasteiger charge is -2.15. The Kier molecular flexibility index (Phi) is 2.37. The molecule has 2 heterocycles. The minimum absolute atomic E-state index is 0.223. The van der Waals surface area contributed by atoms with Crippen LogP contribution in [-0.4, -0.2) is 34.3 Å².